The number of hydrogen-bond acceptors (Lipinski definition) is 2. The fraction of sp³-hybridized carbons (Fsp3) is 0.200. The van der Waals surface area contributed by atoms with E-state index in [9.17, 15) is 9.18 Å². The quantitative estimate of drug-likeness (QED) is 0.716. The number of amides is 1. The van der Waals surface area contributed by atoms with Crippen LogP contribution < -0.4 is 5.32 Å². The van der Waals surface area contributed by atoms with Gasteiger partial charge in [-0.1, -0.05) is 30.8 Å². The summed E-state index contributed by atoms with van der Waals surface area (Å²) in [6, 6.07) is 13.9. The van der Waals surface area contributed by atoms with Crippen LogP contribution in [0.3, 0.4) is 0 Å². The summed E-state index contributed by atoms with van der Waals surface area (Å²) < 4.78 is 15.2. The highest BCUT2D eigenvalue weighted by Crippen LogP contribution is 2.22. The number of carbonyl (C=O) groups excluding carboxylic acids is 1. The van der Waals surface area contributed by atoms with Crippen molar-refractivity contribution in [3.63, 3.8) is 0 Å². The van der Waals surface area contributed by atoms with Crippen molar-refractivity contribution >= 4 is 16.9 Å². The number of aromatic nitrogens is 2. The first kappa shape index (κ1) is 16.9. The first-order chi connectivity index (χ1) is 12.0. The molecule has 0 fully saturated rings. The molecule has 0 saturated carbocycles. The predicted molar refractivity (Wildman–Crippen MR) is 96.6 cm³/mol. The zero-order valence-corrected chi connectivity index (χ0v) is 14.3. The van der Waals surface area contributed by atoms with Gasteiger partial charge in [0.25, 0.3) is 0 Å². The number of nitrogens with zero attached hydrogens (tertiary/aromatic N) is 2. The monoisotopic (exact) mass is 337 g/mol. The van der Waals surface area contributed by atoms with Gasteiger partial charge in [0.1, 0.15) is 11.6 Å². The Labute approximate surface area is 146 Å². The van der Waals surface area contributed by atoms with Gasteiger partial charge >= 0.3 is 0 Å². The van der Waals surface area contributed by atoms with E-state index in [1.807, 2.05) is 35.8 Å². The van der Waals surface area contributed by atoms with Crippen LogP contribution in [-0.4, -0.2) is 15.5 Å². The second-order valence-corrected chi connectivity index (χ2v) is 6.15. The van der Waals surface area contributed by atoms with Gasteiger partial charge in [0.05, 0.1) is 17.1 Å². The lowest BCUT2D eigenvalue weighted by Gasteiger charge is -2.16. The third kappa shape index (κ3) is 3.60. The Morgan fingerprint density at radius 2 is 1.92 bits per heavy atom. The van der Waals surface area contributed by atoms with E-state index in [-0.39, 0.29) is 17.8 Å². The Hall–Kier alpha value is -2.95. The molecule has 25 heavy (non-hydrogen) atoms. The van der Waals surface area contributed by atoms with E-state index < -0.39 is 0 Å². The van der Waals surface area contributed by atoms with Gasteiger partial charge in [-0.05, 0) is 43.7 Å². The molecule has 2 aromatic carbocycles. The summed E-state index contributed by atoms with van der Waals surface area (Å²) in [6.45, 7) is 7.78. The zero-order valence-electron chi connectivity index (χ0n) is 14.3. The Kier molecular flexibility index (Phi) is 4.65. The van der Waals surface area contributed by atoms with Gasteiger partial charge in [-0.3, -0.25) is 4.79 Å². The molecule has 0 aliphatic rings. The van der Waals surface area contributed by atoms with Crippen molar-refractivity contribution in [3.8, 4) is 0 Å². The minimum absolute atomic E-state index is 0.201. The van der Waals surface area contributed by atoms with Gasteiger partial charge in [0.2, 0.25) is 5.91 Å². The van der Waals surface area contributed by atoms with Crippen LogP contribution in [0, 0.1) is 5.82 Å². The number of nitrogens with one attached hydrogen (secondary N) is 1. The first-order valence-corrected chi connectivity index (χ1v) is 8.11. The van der Waals surface area contributed by atoms with Gasteiger partial charge in [-0.2, -0.15) is 0 Å². The number of benzene rings is 2. The number of carbonyl (C=O) groups is 1. The topological polar surface area (TPSA) is 46.9 Å². The van der Waals surface area contributed by atoms with Crippen LogP contribution in [0.2, 0.25) is 0 Å². The smallest absolute Gasteiger partial charge is 0.246 e. The van der Waals surface area contributed by atoms with Crippen molar-refractivity contribution in [3.05, 3.63) is 77.9 Å². The largest absolute Gasteiger partial charge is 0.343 e. The Morgan fingerprint density at radius 3 is 2.60 bits per heavy atom. The van der Waals surface area contributed by atoms with Crippen molar-refractivity contribution in [1.29, 1.82) is 0 Å². The van der Waals surface area contributed by atoms with E-state index in [1.165, 1.54) is 12.1 Å². The number of fused-ring (bicyclic) bond motifs is 1. The summed E-state index contributed by atoms with van der Waals surface area (Å²) in [4.78, 5) is 16.6. The highest BCUT2D eigenvalue weighted by Gasteiger charge is 2.18. The Morgan fingerprint density at radius 1 is 1.24 bits per heavy atom. The lowest BCUT2D eigenvalue weighted by atomic mass is 10.2. The number of halogens is 1. The number of hydrogen-bond donors (Lipinski definition) is 1. The SMILES string of the molecule is C=C(C)C(=O)NC(C)c1nc2ccccc2n1Cc1ccc(F)cc1. The van der Waals surface area contributed by atoms with Crippen molar-refractivity contribution < 1.29 is 9.18 Å². The van der Waals surface area contributed by atoms with E-state index in [0.29, 0.717) is 12.1 Å². The van der Waals surface area contributed by atoms with Crippen molar-refractivity contribution in [2.24, 2.45) is 0 Å². The predicted octanol–water partition coefficient (Wildman–Crippen LogP) is 3.98. The highest BCUT2D eigenvalue weighted by atomic mass is 19.1. The van der Waals surface area contributed by atoms with E-state index in [1.54, 1.807) is 19.1 Å². The van der Waals surface area contributed by atoms with Gasteiger partial charge in [0, 0.05) is 12.1 Å². The van der Waals surface area contributed by atoms with Crippen LogP contribution in [-0.2, 0) is 11.3 Å². The van der Waals surface area contributed by atoms with Crippen LogP contribution in [0.4, 0.5) is 4.39 Å². The summed E-state index contributed by atoms with van der Waals surface area (Å²) in [6.07, 6.45) is 0. The van der Waals surface area contributed by atoms with Gasteiger partial charge in [-0.25, -0.2) is 9.37 Å². The summed E-state index contributed by atoms with van der Waals surface area (Å²) in [5.74, 6) is 0.287. The molecule has 0 bridgehead atoms. The highest BCUT2D eigenvalue weighted by molar-refractivity contribution is 5.92. The van der Waals surface area contributed by atoms with Crippen molar-refractivity contribution in [2.75, 3.05) is 0 Å². The maximum atomic E-state index is 13.2. The fourth-order valence-corrected chi connectivity index (χ4v) is 2.75. The second-order valence-electron chi connectivity index (χ2n) is 6.15. The molecule has 1 heterocycles. The first-order valence-electron chi connectivity index (χ1n) is 8.11. The summed E-state index contributed by atoms with van der Waals surface area (Å²) in [5, 5.41) is 2.91. The van der Waals surface area contributed by atoms with Crippen LogP contribution in [0.1, 0.15) is 31.3 Å². The normalized spacial score (nSPS) is 12.1. The molecule has 3 aromatic rings. The number of imidazole rings is 1. The molecule has 1 N–H and O–H groups in total. The third-order valence-corrected chi connectivity index (χ3v) is 4.06. The molecular formula is C20H20FN3O. The molecule has 0 spiro atoms. The summed E-state index contributed by atoms with van der Waals surface area (Å²) in [7, 11) is 0. The molecule has 5 heteroatoms. The average molecular weight is 337 g/mol. The lowest BCUT2D eigenvalue weighted by molar-refractivity contribution is -0.118. The lowest BCUT2D eigenvalue weighted by Crippen LogP contribution is -2.29. The van der Waals surface area contributed by atoms with Gasteiger partial charge in [0.15, 0.2) is 0 Å². The summed E-state index contributed by atoms with van der Waals surface area (Å²) >= 11 is 0. The zero-order chi connectivity index (χ0) is 18.0. The van der Waals surface area contributed by atoms with Crippen LogP contribution >= 0.6 is 0 Å². The Bertz CT molecular complexity index is 928. The average Bonchev–Trinajstić information content (AvgIpc) is 2.95. The minimum Gasteiger partial charge on any atom is -0.343 e. The molecule has 0 aliphatic heterocycles. The van der Waals surface area contributed by atoms with Crippen LogP contribution in [0.15, 0.2) is 60.7 Å². The molecule has 0 aliphatic carbocycles. The number of rotatable bonds is 5. The molecule has 1 amide bonds. The van der Waals surface area contributed by atoms with E-state index in [2.05, 4.69) is 16.9 Å². The van der Waals surface area contributed by atoms with E-state index in [0.717, 1.165) is 22.4 Å². The molecule has 1 unspecified atom stereocenters. The maximum Gasteiger partial charge on any atom is 0.246 e. The van der Waals surface area contributed by atoms with Gasteiger partial charge in [-0.15, -0.1) is 0 Å². The van der Waals surface area contributed by atoms with E-state index >= 15 is 0 Å². The van der Waals surface area contributed by atoms with Crippen LogP contribution in [0.5, 0.6) is 0 Å². The standard InChI is InChI=1S/C20H20FN3O/c1-13(2)20(25)22-14(3)19-23-17-6-4-5-7-18(17)24(19)12-15-8-10-16(21)11-9-15/h4-11,14H,1,12H2,2-3H3,(H,22,25). The molecule has 0 saturated heterocycles. The van der Waals surface area contributed by atoms with Crippen LogP contribution in [0.25, 0.3) is 11.0 Å². The molecule has 0 radical (unpaired) electrons. The molecule has 3 rings (SSSR count). The molecule has 128 valence electrons. The molecule has 1 atom stereocenters. The Balaban J connectivity index is 2.01. The maximum absolute atomic E-state index is 13.2. The third-order valence-electron chi connectivity index (χ3n) is 4.06. The van der Waals surface area contributed by atoms with Crippen molar-refractivity contribution in [1.82, 2.24) is 14.9 Å². The van der Waals surface area contributed by atoms with E-state index in [4.69, 9.17) is 0 Å². The summed E-state index contributed by atoms with van der Waals surface area (Å²) in [5.41, 5.74) is 3.24. The molecule has 1 aromatic heterocycles. The molecule has 4 nitrogen and oxygen atoms in total. The van der Waals surface area contributed by atoms with Gasteiger partial charge < -0.3 is 9.88 Å². The van der Waals surface area contributed by atoms with Crippen molar-refractivity contribution in [2.45, 2.75) is 26.4 Å². The minimum atomic E-state index is -0.281. The molecular weight excluding hydrogens is 317 g/mol. The fourth-order valence-electron chi connectivity index (χ4n) is 2.75. The number of para-hydroxylation sites is 2. The second kappa shape index (κ2) is 6.89.